The molecule has 1 saturated heterocycles. The minimum Gasteiger partial charge on any atom is -0.515 e. The first kappa shape index (κ1) is 20.8. The van der Waals surface area contributed by atoms with Crippen LogP contribution in [0.25, 0.3) is 0 Å². The van der Waals surface area contributed by atoms with E-state index in [4.69, 9.17) is 4.74 Å². The van der Waals surface area contributed by atoms with E-state index in [1.165, 1.54) is 32.1 Å². The molecule has 0 radical (unpaired) electrons. The summed E-state index contributed by atoms with van der Waals surface area (Å²) in [6.07, 6.45) is 11.2. The molecule has 0 amide bonds. The second-order valence-electron chi connectivity index (χ2n) is 8.39. The van der Waals surface area contributed by atoms with Gasteiger partial charge in [0.25, 0.3) is 0 Å². The Hall–Kier alpha value is -1.48. The van der Waals surface area contributed by atoms with Crippen molar-refractivity contribution in [2.24, 2.45) is 11.3 Å². The Morgan fingerprint density at radius 3 is 2.73 bits per heavy atom. The van der Waals surface area contributed by atoms with Crippen LogP contribution in [-0.2, 0) is 4.74 Å². The summed E-state index contributed by atoms with van der Waals surface area (Å²) in [7, 11) is 0. The Morgan fingerprint density at radius 1 is 1.31 bits per heavy atom. The van der Waals surface area contributed by atoms with Crippen molar-refractivity contribution in [1.82, 2.24) is 4.90 Å². The lowest BCUT2D eigenvalue weighted by Gasteiger charge is -2.34. The predicted molar refractivity (Wildman–Crippen MR) is 110 cm³/mol. The highest BCUT2D eigenvalue weighted by molar-refractivity contribution is 5.40. The number of hydrogen-bond donors (Lipinski definition) is 1. The van der Waals surface area contributed by atoms with Gasteiger partial charge in [0.15, 0.2) is 0 Å². The molecule has 0 saturated carbocycles. The molecule has 1 N–H and O–H groups in total. The molecule has 26 heavy (non-hydrogen) atoms. The maximum atomic E-state index is 9.53. The van der Waals surface area contributed by atoms with Crippen LogP contribution in [0.15, 0.2) is 47.5 Å². The van der Waals surface area contributed by atoms with Crippen LogP contribution in [0.5, 0.6) is 0 Å². The van der Waals surface area contributed by atoms with Gasteiger partial charge in [0.1, 0.15) is 5.76 Å². The molecule has 2 unspecified atom stereocenters. The molecule has 0 bridgehead atoms. The Kier molecular flexibility index (Phi) is 7.57. The zero-order valence-corrected chi connectivity index (χ0v) is 17.2. The van der Waals surface area contributed by atoms with Gasteiger partial charge < -0.3 is 14.7 Å². The van der Waals surface area contributed by atoms with Gasteiger partial charge in [0, 0.05) is 17.5 Å². The number of hydrogen-bond acceptors (Lipinski definition) is 3. The van der Waals surface area contributed by atoms with Crippen molar-refractivity contribution < 1.29 is 9.84 Å². The van der Waals surface area contributed by atoms with E-state index in [1.54, 1.807) is 0 Å². The lowest BCUT2D eigenvalue weighted by atomic mass is 9.83. The summed E-state index contributed by atoms with van der Waals surface area (Å²) in [5.41, 5.74) is 3.34. The molecule has 2 aliphatic rings. The Bertz CT molecular complexity index is 553. The molecule has 0 aromatic carbocycles. The monoisotopic (exact) mass is 359 g/mol. The highest BCUT2D eigenvalue weighted by Gasteiger charge is 2.33. The quantitative estimate of drug-likeness (QED) is 0.499. The zero-order valence-electron chi connectivity index (χ0n) is 17.2. The third-order valence-corrected chi connectivity index (χ3v) is 6.08. The second-order valence-corrected chi connectivity index (χ2v) is 8.39. The molecule has 0 spiro atoms. The summed E-state index contributed by atoms with van der Waals surface area (Å²) in [5, 5.41) is 9.53. The van der Waals surface area contributed by atoms with Crippen molar-refractivity contribution in [3.05, 3.63) is 47.5 Å². The third-order valence-electron chi connectivity index (χ3n) is 6.08. The van der Waals surface area contributed by atoms with Crippen LogP contribution < -0.4 is 0 Å². The van der Waals surface area contributed by atoms with Crippen LogP contribution in [0.3, 0.4) is 0 Å². The number of aliphatic hydroxyl groups is 1. The standard InChI is InChI=1S/C23H37NO2/c1-6-18(3)22-21(19(4)15-25)10-12-23(5,17-26-22)16-24-13-8-9-20(7-2)11-14-24/h6-7,15,20,25H,2,8-14,16-17H2,1,3-5H3/b18-6+,19-15+. The van der Waals surface area contributed by atoms with Crippen LogP contribution in [0.2, 0.25) is 0 Å². The van der Waals surface area contributed by atoms with Crippen molar-refractivity contribution in [1.29, 1.82) is 0 Å². The molecular weight excluding hydrogens is 322 g/mol. The summed E-state index contributed by atoms with van der Waals surface area (Å²) in [4.78, 5) is 2.62. The van der Waals surface area contributed by atoms with Crippen LogP contribution in [-0.4, -0.2) is 36.2 Å². The highest BCUT2D eigenvalue weighted by atomic mass is 16.5. The van der Waals surface area contributed by atoms with E-state index in [1.807, 2.05) is 13.8 Å². The molecular formula is C23H37NO2. The van der Waals surface area contributed by atoms with Gasteiger partial charge in [0.05, 0.1) is 12.9 Å². The molecule has 0 aliphatic carbocycles. The molecule has 1 fully saturated rings. The van der Waals surface area contributed by atoms with E-state index in [0.717, 1.165) is 55.0 Å². The third kappa shape index (κ3) is 5.26. The fourth-order valence-corrected chi connectivity index (χ4v) is 4.12. The number of allylic oxidation sites excluding steroid dienone is 5. The Morgan fingerprint density at radius 2 is 2.08 bits per heavy atom. The van der Waals surface area contributed by atoms with E-state index in [0.29, 0.717) is 5.92 Å². The van der Waals surface area contributed by atoms with Gasteiger partial charge in [-0.25, -0.2) is 0 Å². The van der Waals surface area contributed by atoms with Crippen molar-refractivity contribution in [3.63, 3.8) is 0 Å². The first-order valence-corrected chi connectivity index (χ1v) is 10.1. The number of nitrogens with zero attached hydrogens (tertiary/aromatic N) is 1. The van der Waals surface area contributed by atoms with Crippen molar-refractivity contribution in [2.45, 2.75) is 59.8 Å². The molecule has 0 aromatic heterocycles. The number of ether oxygens (including phenoxy) is 1. The number of rotatable bonds is 5. The average Bonchev–Trinajstić information content (AvgIpc) is 2.97. The lowest BCUT2D eigenvalue weighted by Crippen LogP contribution is -2.39. The SMILES string of the molecule is C=CC1CCCN(CC2(C)CCC(C(/C)=C/O)=C(/C(C)=C/C)OC2)CC1. The normalized spacial score (nSPS) is 29.8. The maximum Gasteiger partial charge on any atom is 0.125 e. The molecule has 3 nitrogen and oxygen atoms in total. The van der Waals surface area contributed by atoms with Gasteiger partial charge in [-0.2, -0.15) is 0 Å². The topological polar surface area (TPSA) is 32.7 Å². The summed E-state index contributed by atoms with van der Waals surface area (Å²) < 4.78 is 6.34. The van der Waals surface area contributed by atoms with Crippen LogP contribution in [0, 0.1) is 11.3 Å². The zero-order chi connectivity index (χ0) is 19.2. The molecule has 2 heterocycles. The highest BCUT2D eigenvalue weighted by Crippen LogP contribution is 2.37. The minimum absolute atomic E-state index is 0.130. The first-order valence-electron chi connectivity index (χ1n) is 10.1. The lowest BCUT2D eigenvalue weighted by molar-refractivity contribution is 0.0695. The molecule has 2 aliphatic heterocycles. The molecule has 2 atom stereocenters. The molecule has 146 valence electrons. The Balaban J connectivity index is 2.10. The second kappa shape index (κ2) is 9.45. The first-order chi connectivity index (χ1) is 12.4. The van der Waals surface area contributed by atoms with E-state index in [2.05, 4.69) is 37.5 Å². The van der Waals surface area contributed by atoms with E-state index in [-0.39, 0.29) is 5.41 Å². The molecule has 0 aromatic rings. The fourth-order valence-electron chi connectivity index (χ4n) is 4.12. The van der Waals surface area contributed by atoms with Crippen LogP contribution >= 0.6 is 0 Å². The molecule has 2 rings (SSSR count). The predicted octanol–water partition coefficient (Wildman–Crippen LogP) is 5.77. The van der Waals surface area contributed by atoms with Crippen LogP contribution in [0.4, 0.5) is 0 Å². The van der Waals surface area contributed by atoms with E-state index < -0.39 is 0 Å². The largest absolute Gasteiger partial charge is 0.515 e. The van der Waals surface area contributed by atoms with Crippen molar-refractivity contribution in [2.75, 3.05) is 26.2 Å². The van der Waals surface area contributed by atoms with Crippen LogP contribution in [0.1, 0.15) is 59.8 Å². The van der Waals surface area contributed by atoms with E-state index in [9.17, 15) is 5.11 Å². The summed E-state index contributed by atoms with van der Waals surface area (Å²) in [5.74, 6) is 1.63. The van der Waals surface area contributed by atoms with Gasteiger partial charge in [-0.3, -0.25) is 0 Å². The fraction of sp³-hybridized carbons (Fsp3) is 0.652. The summed E-state index contributed by atoms with van der Waals surface area (Å²) in [6, 6.07) is 0. The summed E-state index contributed by atoms with van der Waals surface area (Å²) >= 11 is 0. The minimum atomic E-state index is 0.130. The number of aliphatic hydroxyl groups excluding tert-OH is 1. The van der Waals surface area contributed by atoms with Gasteiger partial charge >= 0.3 is 0 Å². The average molecular weight is 360 g/mol. The smallest absolute Gasteiger partial charge is 0.125 e. The van der Waals surface area contributed by atoms with Gasteiger partial charge in [-0.15, -0.1) is 6.58 Å². The maximum absolute atomic E-state index is 9.53. The number of likely N-dealkylation sites (tertiary alicyclic amines) is 1. The van der Waals surface area contributed by atoms with Gasteiger partial charge in [-0.05, 0) is 83.0 Å². The summed E-state index contributed by atoms with van der Waals surface area (Å²) in [6.45, 7) is 16.6. The van der Waals surface area contributed by atoms with Crippen molar-refractivity contribution >= 4 is 0 Å². The van der Waals surface area contributed by atoms with Crippen molar-refractivity contribution in [3.8, 4) is 0 Å². The van der Waals surface area contributed by atoms with Gasteiger partial charge in [-0.1, -0.05) is 19.1 Å². The Labute approximate surface area is 160 Å². The van der Waals surface area contributed by atoms with Gasteiger partial charge in [0.2, 0.25) is 0 Å². The molecule has 3 heteroatoms. The van der Waals surface area contributed by atoms with E-state index >= 15 is 0 Å².